The molecule has 1 saturated carbocycles. The standard InChI is InChI=1S/C24H21F5S/c25-20-16(15-7-5-14(6-8-15)13-3-1-2-4-13)9-10-17-18-11-12-19(24(27,28)29)21(26)23(18)30-22(17)20/h7,9-14H,1-6,8H2. The molecule has 2 aromatic carbocycles. The Kier molecular flexibility index (Phi) is 4.88. The van der Waals surface area contributed by atoms with E-state index in [-0.39, 0.29) is 9.40 Å². The van der Waals surface area contributed by atoms with Crippen LogP contribution < -0.4 is 0 Å². The number of halogens is 5. The molecule has 6 heteroatoms. The molecule has 30 heavy (non-hydrogen) atoms. The van der Waals surface area contributed by atoms with Gasteiger partial charge in [-0.1, -0.05) is 50.0 Å². The van der Waals surface area contributed by atoms with Crippen molar-refractivity contribution in [2.45, 2.75) is 51.1 Å². The summed E-state index contributed by atoms with van der Waals surface area (Å²) < 4.78 is 69.1. The fourth-order valence-corrected chi connectivity index (χ4v) is 6.44. The molecule has 0 spiro atoms. The zero-order valence-corrected chi connectivity index (χ0v) is 17.1. The third-order valence-corrected chi connectivity index (χ3v) is 8.06. The average molecular weight is 436 g/mol. The number of hydrogen-bond donors (Lipinski definition) is 0. The van der Waals surface area contributed by atoms with E-state index in [0.29, 0.717) is 22.3 Å². The fraction of sp³-hybridized carbons (Fsp3) is 0.417. The molecule has 1 atom stereocenters. The highest BCUT2D eigenvalue weighted by Crippen LogP contribution is 2.45. The Morgan fingerprint density at radius 2 is 1.47 bits per heavy atom. The van der Waals surface area contributed by atoms with Gasteiger partial charge in [-0.15, -0.1) is 11.3 Å². The summed E-state index contributed by atoms with van der Waals surface area (Å²) in [6.45, 7) is 0. The second kappa shape index (κ2) is 7.33. The van der Waals surface area contributed by atoms with Crippen LogP contribution in [0.4, 0.5) is 22.0 Å². The van der Waals surface area contributed by atoms with Crippen molar-refractivity contribution in [3.8, 4) is 0 Å². The lowest BCUT2D eigenvalue weighted by Crippen LogP contribution is -2.14. The quantitative estimate of drug-likeness (QED) is 0.352. The van der Waals surface area contributed by atoms with Gasteiger partial charge in [-0.25, -0.2) is 8.78 Å². The van der Waals surface area contributed by atoms with Crippen LogP contribution in [-0.4, -0.2) is 0 Å². The molecule has 2 aliphatic carbocycles. The first-order valence-electron chi connectivity index (χ1n) is 10.4. The molecule has 1 aromatic heterocycles. The molecule has 0 saturated heterocycles. The monoisotopic (exact) mass is 436 g/mol. The zero-order chi connectivity index (χ0) is 21.0. The highest BCUT2D eigenvalue weighted by Gasteiger charge is 2.35. The predicted octanol–water partition coefficient (Wildman–Crippen LogP) is 8.73. The van der Waals surface area contributed by atoms with E-state index in [1.807, 2.05) is 0 Å². The minimum atomic E-state index is -4.78. The van der Waals surface area contributed by atoms with Crippen LogP contribution >= 0.6 is 11.3 Å². The maximum absolute atomic E-state index is 15.4. The van der Waals surface area contributed by atoms with Gasteiger partial charge in [0, 0.05) is 16.3 Å². The van der Waals surface area contributed by atoms with Crippen LogP contribution in [0.15, 0.2) is 30.3 Å². The van der Waals surface area contributed by atoms with Crippen LogP contribution in [0.25, 0.3) is 25.7 Å². The van der Waals surface area contributed by atoms with E-state index in [1.165, 1.54) is 31.7 Å². The summed E-state index contributed by atoms with van der Waals surface area (Å²) in [6, 6.07) is 5.39. The maximum atomic E-state index is 15.4. The van der Waals surface area contributed by atoms with Gasteiger partial charge in [0.2, 0.25) is 0 Å². The van der Waals surface area contributed by atoms with E-state index in [9.17, 15) is 17.6 Å². The average Bonchev–Trinajstić information content (AvgIpc) is 3.37. The van der Waals surface area contributed by atoms with Gasteiger partial charge in [-0.2, -0.15) is 13.2 Å². The van der Waals surface area contributed by atoms with Crippen molar-refractivity contribution in [2.24, 2.45) is 11.8 Å². The smallest absolute Gasteiger partial charge is 0.205 e. The van der Waals surface area contributed by atoms with E-state index in [4.69, 9.17) is 0 Å². The van der Waals surface area contributed by atoms with Gasteiger partial charge in [0.15, 0.2) is 5.82 Å². The third-order valence-electron chi connectivity index (χ3n) is 6.86. The van der Waals surface area contributed by atoms with Gasteiger partial charge in [0.05, 0.1) is 15.0 Å². The molecule has 0 N–H and O–H groups in total. The Bertz CT molecular complexity index is 1150. The summed E-state index contributed by atoms with van der Waals surface area (Å²) in [7, 11) is 0. The number of fused-ring (bicyclic) bond motifs is 3. The minimum Gasteiger partial charge on any atom is -0.205 e. The van der Waals surface area contributed by atoms with Gasteiger partial charge >= 0.3 is 6.18 Å². The van der Waals surface area contributed by atoms with E-state index < -0.39 is 23.4 Å². The first-order chi connectivity index (χ1) is 14.3. The van der Waals surface area contributed by atoms with Crippen molar-refractivity contribution in [3.05, 3.63) is 53.1 Å². The number of rotatable bonds is 2. The van der Waals surface area contributed by atoms with E-state index in [0.717, 1.165) is 48.2 Å². The number of allylic oxidation sites excluding steroid dienone is 2. The molecule has 5 rings (SSSR count). The van der Waals surface area contributed by atoms with Crippen molar-refractivity contribution >= 4 is 37.1 Å². The molecule has 0 amide bonds. The zero-order valence-electron chi connectivity index (χ0n) is 16.3. The molecule has 0 nitrogen and oxygen atoms in total. The second-order valence-electron chi connectivity index (χ2n) is 8.52. The summed E-state index contributed by atoms with van der Waals surface area (Å²) in [5, 5.41) is 0.786. The molecule has 1 fully saturated rings. The van der Waals surface area contributed by atoms with Crippen molar-refractivity contribution in [3.63, 3.8) is 0 Å². The SMILES string of the molecule is Fc1c(C2=CCC(C3CCCC3)CC2)ccc2c1sc1c(F)c(C(F)(F)F)ccc12. The van der Waals surface area contributed by atoms with Crippen LogP contribution in [0, 0.1) is 23.5 Å². The first kappa shape index (κ1) is 20.0. The summed E-state index contributed by atoms with van der Waals surface area (Å²) in [4.78, 5) is 0. The number of hydrogen-bond acceptors (Lipinski definition) is 1. The Morgan fingerprint density at radius 1 is 0.800 bits per heavy atom. The highest BCUT2D eigenvalue weighted by atomic mass is 32.1. The Labute approximate surface area is 175 Å². The molecule has 3 aromatic rings. The topological polar surface area (TPSA) is 0 Å². The molecule has 0 radical (unpaired) electrons. The summed E-state index contributed by atoms with van der Waals surface area (Å²) in [5.41, 5.74) is 0.142. The number of thiophene rings is 1. The first-order valence-corrected chi connectivity index (χ1v) is 11.3. The molecule has 1 unspecified atom stereocenters. The highest BCUT2D eigenvalue weighted by molar-refractivity contribution is 7.25. The van der Waals surface area contributed by atoms with Crippen LogP contribution in [0.2, 0.25) is 0 Å². The lowest BCUT2D eigenvalue weighted by atomic mass is 9.78. The largest absolute Gasteiger partial charge is 0.419 e. The van der Waals surface area contributed by atoms with Crippen molar-refractivity contribution in [1.29, 1.82) is 0 Å². The predicted molar refractivity (Wildman–Crippen MR) is 112 cm³/mol. The van der Waals surface area contributed by atoms with Crippen molar-refractivity contribution < 1.29 is 22.0 Å². The Hall–Kier alpha value is -1.95. The molecular formula is C24H21F5S. The van der Waals surface area contributed by atoms with Gasteiger partial charge in [0.25, 0.3) is 0 Å². The Morgan fingerprint density at radius 3 is 2.10 bits per heavy atom. The van der Waals surface area contributed by atoms with Crippen LogP contribution in [0.1, 0.15) is 56.1 Å². The second-order valence-corrected chi connectivity index (χ2v) is 9.54. The molecule has 0 bridgehead atoms. The molecular weight excluding hydrogens is 415 g/mol. The van der Waals surface area contributed by atoms with E-state index in [1.54, 1.807) is 12.1 Å². The van der Waals surface area contributed by atoms with E-state index in [2.05, 4.69) is 6.08 Å². The van der Waals surface area contributed by atoms with Crippen LogP contribution in [0.3, 0.4) is 0 Å². The Balaban J connectivity index is 1.54. The summed E-state index contributed by atoms with van der Waals surface area (Å²) >= 11 is 0.767. The third kappa shape index (κ3) is 3.24. The molecule has 2 aliphatic rings. The fourth-order valence-electron chi connectivity index (χ4n) is 5.26. The lowest BCUT2D eigenvalue weighted by Gasteiger charge is -2.27. The maximum Gasteiger partial charge on any atom is 0.419 e. The van der Waals surface area contributed by atoms with Gasteiger partial charge in [0.1, 0.15) is 5.82 Å². The minimum absolute atomic E-state index is 0.144. The lowest BCUT2D eigenvalue weighted by molar-refractivity contribution is -0.139. The van der Waals surface area contributed by atoms with Crippen molar-refractivity contribution in [1.82, 2.24) is 0 Å². The molecule has 0 aliphatic heterocycles. The van der Waals surface area contributed by atoms with Gasteiger partial charge in [-0.3, -0.25) is 0 Å². The molecule has 158 valence electrons. The normalized spacial score (nSPS) is 21.0. The summed E-state index contributed by atoms with van der Waals surface area (Å²) in [5.74, 6) is -0.323. The van der Waals surface area contributed by atoms with Crippen molar-refractivity contribution in [2.75, 3.05) is 0 Å². The van der Waals surface area contributed by atoms with Crippen LogP contribution in [0.5, 0.6) is 0 Å². The van der Waals surface area contributed by atoms with Gasteiger partial charge in [-0.05, 0) is 42.7 Å². The number of alkyl halides is 3. The van der Waals surface area contributed by atoms with Gasteiger partial charge < -0.3 is 0 Å². The molecule has 1 heterocycles. The number of benzene rings is 2. The summed E-state index contributed by atoms with van der Waals surface area (Å²) in [6.07, 6.45) is 5.36. The van der Waals surface area contributed by atoms with Crippen LogP contribution in [-0.2, 0) is 6.18 Å². The van der Waals surface area contributed by atoms with E-state index >= 15 is 4.39 Å².